The highest BCUT2D eigenvalue weighted by Gasteiger charge is 2.13. The largest absolute Gasteiger partial charge is 0.330 e. The molecular weight excluding hydrogens is 235 g/mol. The summed E-state index contributed by atoms with van der Waals surface area (Å²) in [6.45, 7) is 0.321. The van der Waals surface area contributed by atoms with Crippen LogP contribution in [0.1, 0.15) is 6.42 Å². The van der Waals surface area contributed by atoms with Crippen molar-refractivity contribution in [1.82, 2.24) is 0 Å². The van der Waals surface area contributed by atoms with Gasteiger partial charge < -0.3 is 10.6 Å². The molecule has 0 aliphatic heterocycles. The van der Waals surface area contributed by atoms with Gasteiger partial charge in [-0.3, -0.25) is 4.79 Å². The summed E-state index contributed by atoms with van der Waals surface area (Å²) in [5.74, 6) is -0.0818. The number of halogens is 2. The van der Waals surface area contributed by atoms with E-state index in [4.69, 9.17) is 28.9 Å². The van der Waals surface area contributed by atoms with Crippen molar-refractivity contribution in [2.24, 2.45) is 5.73 Å². The van der Waals surface area contributed by atoms with Crippen LogP contribution in [0, 0.1) is 0 Å². The second-order valence-electron chi connectivity index (χ2n) is 3.09. The number of hydrogen-bond donors (Lipinski definition) is 1. The maximum atomic E-state index is 11.6. The van der Waals surface area contributed by atoms with E-state index < -0.39 is 0 Å². The Labute approximate surface area is 98.8 Å². The van der Waals surface area contributed by atoms with E-state index in [1.807, 2.05) is 0 Å². The molecule has 0 saturated carbocycles. The zero-order valence-corrected chi connectivity index (χ0v) is 9.85. The maximum Gasteiger partial charge on any atom is 0.228 e. The number of hydrogen-bond acceptors (Lipinski definition) is 2. The summed E-state index contributed by atoms with van der Waals surface area (Å²) in [6, 6.07) is 4.98. The first kappa shape index (κ1) is 12.3. The molecule has 1 aromatic carbocycles. The summed E-state index contributed by atoms with van der Waals surface area (Å²) >= 11 is 11.8. The van der Waals surface area contributed by atoms with Gasteiger partial charge in [-0.25, -0.2) is 0 Å². The number of nitrogens with two attached hydrogens (primary N) is 1. The molecule has 0 radical (unpaired) electrons. The Balaban J connectivity index is 2.94. The van der Waals surface area contributed by atoms with Crippen LogP contribution in [0.2, 0.25) is 10.0 Å². The summed E-state index contributed by atoms with van der Waals surface area (Å²) in [4.78, 5) is 13.0. The van der Waals surface area contributed by atoms with Gasteiger partial charge >= 0.3 is 0 Å². The lowest BCUT2D eigenvalue weighted by Gasteiger charge is -2.18. The van der Waals surface area contributed by atoms with E-state index in [1.165, 1.54) is 4.90 Å². The molecule has 5 heteroatoms. The zero-order valence-electron chi connectivity index (χ0n) is 8.34. The summed E-state index contributed by atoms with van der Waals surface area (Å²) < 4.78 is 0. The first-order valence-corrected chi connectivity index (χ1v) is 5.23. The standard InChI is InChI=1S/C10H12Cl2N2O/c1-14(10(15)4-5-13)9-6-7(11)2-3-8(9)12/h2-3,6H,4-5,13H2,1H3. The fourth-order valence-corrected chi connectivity index (χ4v) is 1.58. The Morgan fingerprint density at radius 2 is 2.13 bits per heavy atom. The average molecular weight is 247 g/mol. The number of benzene rings is 1. The van der Waals surface area contributed by atoms with Crippen molar-refractivity contribution >= 4 is 34.8 Å². The quantitative estimate of drug-likeness (QED) is 0.890. The van der Waals surface area contributed by atoms with Crippen molar-refractivity contribution in [2.75, 3.05) is 18.5 Å². The highest BCUT2D eigenvalue weighted by Crippen LogP contribution is 2.28. The summed E-state index contributed by atoms with van der Waals surface area (Å²) in [6.07, 6.45) is 0.291. The number of amides is 1. The van der Waals surface area contributed by atoms with Gasteiger partial charge in [-0.15, -0.1) is 0 Å². The number of carbonyl (C=O) groups excluding carboxylic acids is 1. The third-order valence-corrected chi connectivity index (χ3v) is 2.56. The molecule has 3 nitrogen and oxygen atoms in total. The fraction of sp³-hybridized carbons (Fsp3) is 0.300. The number of nitrogens with zero attached hydrogens (tertiary/aromatic N) is 1. The first-order valence-electron chi connectivity index (χ1n) is 4.48. The molecule has 0 saturated heterocycles. The average Bonchev–Trinajstić information content (AvgIpc) is 2.21. The Bertz CT molecular complexity index is 368. The topological polar surface area (TPSA) is 46.3 Å². The molecule has 1 amide bonds. The molecule has 0 heterocycles. The molecule has 0 atom stereocenters. The molecule has 1 rings (SSSR count). The van der Waals surface area contributed by atoms with E-state index in [9.17, 15) is 4.79 Å². The highest BCUT2D eigenvalue weighted by molar-refractivity contribution is 6.35. The lowest BCUT2D eigenvalue weighted by molar-refractivity contribution is -0.118. The number of carbonyl (C=O) groups is 1. The third-order valence-electron chi connectivity index (χ3n) is 2.00. The van der Waals surface area contributed by atoms with E-state index in [0.717, 1.165) is 0 Å². The van der Waals surface area contributed by atoms with Crippen LogP contribution in [0.15, 0.2) is 18.2 Å². The van der Waals surface area contributed by atoms with Crippen LogP contribution in [-0.4, -0.2) is 19.5 Å². The van der Waals surface area contributed by atoms with Gasteiger partial charge in [-0.2, -0.15) is 0 Å². The molecule has 0 aromatic heterocycles. The van der Waals surface area contributed by atoms with Gasteiger partial charge in [0.15, 0.2) is 0 Å². The smallest absolute Gasteiger partial charge is 0.228 e. The molecule has 0 unspecified atom stereocenters. The zero-order chi connectivity index (χ0) is 11.4. The van der Waals surface area contributed by atoms with Crippen LogP contribution in [0.4, 0.5) is 5.69 Å². The Morgan fingerprint density at radius 1 is 1.47 bits per heavy atom. The van der Waals surface area contributed by atoms with Crippen molar-refractivity contribution in [2.45, 2.75) is 6.42 Å². The van der Waals surface area contributed by atoms with Gasteiger partial charge in [0.25, 0.3) is 0 Å². The van der Waals surface area contributed by atoms with Crippen molar-refractivity contribution < 1.29 is 4.79 Å². The number of anilines is 1. The van der Waals surface area contributed by atoms with Crippen LogP contribution in [0.3, 0.4) is 0 Å². The SMILES string of the molecule is CN(C(=O)CCN)c1cc(Cl)ccc1Cl. The maximum absolute atomic E-state index is 11.6. The van der Waals surface area contributed by atoms with Gasteiger partial charge in [0.1, 0.15) is 0 Å². The normalized spacial score (nSPS) is 10.1. The lowest BCUT2D eigenvalue weighted by atomic mass is 10.2. The second-order valence-corrected chi connectivity index (χ2v) is 3.93. The Morgan fingerprint density at radius 3 is 2.73 bits per heavy atom. The van der Waals surface area contributed by atoms with Gasteiger partial charge in [0.2, 0.25) is 5.91 Å². The molecule has 82 valence electrons. The molecule has 2 N–H and O–H groups in total. The lowest BCUT2D eigenvalue weighted by Crippen LogP contribution is -2.28. The van der Waals surface area contributed by atoms with Crippen molar-refractivity contribution in [1.29, 1.82) is 0 Å². The van der Waals surface area contributed by atoms with E-state index in [1.54, 1.807) is 25.2 Å². The molecule has 15 heavy (non-hydrogen) atoms. The van der Waals surface area contributed by atoms with Gasteiger partial charge in [0.05, 0.1) is 10.7 Å². The predicted octanol–water partition coefficient (Wildman–Crippen LogP) is 2.31. The summed E-state index contributed by atoms with van der Waals surface area (Å²) in [5, 5.41) is 1.04. The predicted molar refractivity (Wildman–Crippen MR) is 63.5 cm³/mol. The minimum Gasteiger partial charge on any atom is -0.330 e. The molecule has 0 fully saturated rings. The minimum atomic E-state index is -0.0818. The first-order chi connectivity index (χ1) is 7.06. The third kappa shape index (κ3) is 3.09. The van der Waals surface area contributed by atoms with Gasteiger partial charge in [-0.05, 0) is 18.2 Å². The summed E-state index contributed by atoms with van der Waals surface area (Å²) in [5.41, 5.74) is 5.91. The van der Waals surface area contributed by atoms with Crippen LogP contribution in [0.5, 0.6) is 0 Å². The molecule has 0 aliphatic rings. The Hall–Kier alpha value is -0.770. The highest BCUT2D eigenvalue weighted by atomic mass is 35.5. The van der Waals surface area contributed by atoms with Crippen molar-refractivity contribution in [3.63, 3.8) is 0 Å². The van der Waals surface area contributed by atoms with E-state index in [-0.39, 0.29) is 5.91 Å². The van der Waals surface area contributed by atoms with Crippen molar-refractivity contribution in [3.8, 4) is 0 Å². The van der Waals surface area contributed by atoms with Crippen LogP contribution in [0.25, 0.3) is 0 Å². The molecular formula is C10H12Cl2N2O. The van der Waals surface area contributed by atoms with E-state index >= 15 is 0 Å². The van der Waals surface area contributed by atoms with E-state index in [2.05, 4.69) is 0 Å². The second kappa shape index (κ2) is 5.35. The summed E-state index contributed by atoms with van der Waals surface area (Å²) in [7, 11) is 1.65. The monoisotopic (exact) mass is 246 g/mol. The van der Waals surface area contributed by atoms with Gasteiger partial charge in [0, 0.05) is 25.0 Å². The number of rotatable bonds is 3. The van der Waals surface area contributed by atoms with Crippen LogP contribution in [-0.2, 0) is 4.79 Å². The molecule has 0 bridgehead atoms. The van der Waals surface area contributed by atoms with Crippen LogP contribution < -0.4 is 10.6 Å². The van der Waals surface area contributed by atoms with Gasteiger partial charge in [-0.1, -0.05) is 23.2 Å². The van der Waals surface area contributed by atoms with E-state index in [0.29, 0.717) is 28.7 Å². The van der Waals surface area contributed by atoms with Crippen molar-refractivity contribution in [3.05, 3.63) is 28.2 Å². The molecule has 0 aliphatic carbocycles. The van der Waals surface area contributed by atoms with Crippen LogP contribution >= 0.6 is 23.2 Å². The molecule has 1 aromatic rings. The molecule has 0 spiro atoms. The Kier molecular flexibility index (Phi) is 4.39. The fourth-order valence-electron chi connectivity index (χ4n) is 1.17. The minimum absolute atomic E-state index is 0.0818.